The molecular formula is C16H21N3O3S. The summed E-state index contributed by atoms with van der Waals surface area (Å²) < 4.78 is 28.5. The van der Waals surface area contributed by atoms with E-state index in [0.717, 1.165) is 17.0 Å². The van der Waals surface area contributed by atoms with Gasteiger partial charge in [-0.1, -0.05) is 18.2 Å². The Morgan fingerprint density at radius 1 is 1.22 bits per heavy atom. The fourth-order valence-electron chi connectivity index (χ4n) is 3.26. The average molecular weight is 335 g/mol. The quantitative estimate of drug-likeness (QED) is 0.898. The highest BCUT2D eigenvalue weighted by Gasteiger charge is 2.41. The predicted molar refractivity (Wildman–Crippen MR) is 86.5 cm³/mol. The van der Waals surface area contributed by atoms with Gasteiger partial charge in [-0.05, 0) is 31.9 Å². The normalized spacial score (nSPS) is 23.7. The first kappa shape index (κ1) is 16.2. The standard InChI is InChI=1S/C16H21N3O3S/c1-10-13(11(2)18(3)17-10)9-14-16(20)12-7-5-6-8-15(12)23(21,22)19(14)4/h5-8,14,16,20H,9H2,1-4H3/t14-,16+/m1/s1. The van der Waals surface area contributed by atoms with Gasteiger partial charge in [0, 0.05) is 25.4 Å². The van der Waals surface area contributed by atoms with Crippen LogP contribution in [0.3, 0.4) is 0 Å². The molecule has 1 aromatic carbocycles. The maximum atomic E-state index is 12.7. The molecule has 23 heavy (non-hydrogen) atoms. The number of aliphatic hydroxyl groups excluding tert-OH is 1. The van der Waals surface area contributed by atoms with E-state index in [4.69, 9.17) is 0 Å². The van der Waals surface area contributed by atoms with Gasteiger partial charge < -0.3 is 5.11 Å². The number of sulfonamides is 1. The molecule has 0 radical (unpaired) electrons. The van der Waals surface area contributed by atoms with Gasteiger partial charge in [0.25, 0.3) is 0 Å². The summed E-state index contributed by atoms with van der Waals surface area (Å²) in [5.41, 5.74) is 3.30. The zero-order valence-corrected chi connectivity index (χ0v) is 14.5. The van der Waals surface area contributed by atoms with Crippen LogP contribution < -0.4 is 0 Å². The second kappa shape index (κ2) is 5.43. The largest absolute Gasteiger partial charge is 0.387 e. The van der Waals surface area contributed by atoms with Gasteiger partial charge in [-0.3, -0.25) is 4.68 Å². The van der Waals surface area contributed by atoms with Crippen molar-refractivity contribution in [2.45, 2.75) is 37.3 Å². The smallest absolute Gasteiger partial charge is 0.243 e. The van der Waals surface area contributed by atoms with Crippen LogP contribution in [0.2, 0.25) is 0 Å². The molecule has 0 saturated heterocycles. The summed E-state index contributed by atoms with van der Waals surface area (Å²) in [5.74, 6) is 0. The van der Waals surface area contributed by atoms with Crippen LogP contribution in [0.4, 0.5) is 0 Å². The lowest BCUT2D eigenvalue weighted by atomic mass is 9.95. The van der Waals surface area contributed by atoms with Crippen LogP contribution in [0, 0.1) is 13.8 Å². The molecular weight excluding hydrogens is 314 g/mol. The van der Waals surface area contributed by atoms with Crippen molar-refractivity contribution in [1.82, 2.24) is 14.1 Å². The molecule has 2 aromatic rings. The van der Waals surface area contributed by atoms with Crippen molar-refractivity contribution in [3.63, 3.8) is 0 Å². The Hall–Kier alpha value is -1.70. The summed E-state index contributed by atoms with van der Waals surface area (Å²) >= 11 is 0. The Morgan fingerprint density at radius 2 is 1.87 bits per heavy atom. The van der Waals surface area contributed by atoms with Crippen molar-refractivity contribution in [1.29, 1.82) is 0 Å². The van der Waals surface area contributed by atoms with Crippen LogP contribution in [0.1, 0.15) is 28.6 Å². The van der Waals surface area contributed by atoms with E-state index >= 15 is 0 Å². The van der Waals surface area contributed by atoms with Crippen LogP contribution in [-0.4, -0.2) is 40.7 Å². The van der Waals surface area contributed by atoms with E-state index in [2.05, 4.69) is 5.10 Å². The molecule has 6 nitrogen and oxygen atoms in total. The van der Waals surface area contributed by atoms with Crippen LogP contribution in [0.5, 0.6) is 0 Å². The third kappa shape index (κ3) is 2.39. The number of rotatable bonds is 2. The minimum atomic E-state index is -3.60. The predicted octanol–water partition coefficient (Wildman–Crippen LogP) is 1.32. The van der Waals surface area contributed by atoms with Gasteiger partial charge in [-0.2, -0.15) is 9.40 Å². The van der Waals surface area contributed by atoms with E-state index in [1.165, 1.54) is 11.4 Å². The van der Waals surface area contributed by atoms with Crippen molar-refractivity contribution < 1.29 is 13.5 Å². The second-order valence-electron chi connectivity index (χ2n) is 6.05. The molecule has 0 spiro atoms. The third-order valence-electron chi connectivity index (χ3n) is 4.80. The highest BCUT2D eigenvalue weighted by molar-refractivity contribution is 7.89. The summed E-state index contributed by atoms with van der Waals surface area (Å²) in [6.45, 7) is 3.85. The number of fused-ring (bicyclic) bond motifs is 1. The molecule has 1 aliphatic rings. The number of aryl methyl sites for hydroxylation is 2. The summed E-state index contributed by atoms with van der Waals surface area (Å²) in [7, 11) is -0.208. The highest BCUT2D eigenvalue weighted by atomic mass is 32.2. The zero-order chi connectivity index (χ0) is 16.9. The van der Waals surface area contributed by atoms with Gasteiger partial charge >= 0.3 is 0 Å². The molecule has 0 fully saturated rings. The Balaban J connectivity index is 2.07. The van der Waals surface area contributed by atoms with Crippen molar-refractivity contribution in [2.75, 3.05) is 7.05 Å². The van der Waals surface area contributed by atoms with Gasteiger partial charge in [0.15, 0.2) is 0 Å². The zero-order valence-electron chi connectivity index (χ0n) is 13.7. The molecule has 7 heteroatoms. The fraction of sp³-hybridized carbons (Fsp3) is 0.438. The van der Waals surface area contributed by atoms with Crippen LogP contribution in [-0.2, 0) is 23.5 Å². The first-order chi connectivity index (χ1) is 10.7. The summed E-state index contributed by atoms with van der Waals surface area (Å²) in [6, 6.07) is 6.10. The fourth-order valence-corrected chi connectivity index (χ4v) is 4.86. The molecule has 2 heterocycles. The molecule has 2 atom stereocenters. The molecule has 0 saturated carbocycles. The minimum Gasteiger partial charge on any atom is -0.387 e. The molecule has 1 aromatic heterocycles. The van der Waals surface area contributed by atoms with Gasteiger partial charge in [0.2, 0.25) is 10.0 Å². The first-order valence-electron chi connectivity index (χ1n) is 7.49. The van der Waals surface area contributed by atoms with E-state index in [1.54, 1.807) is 28.9 Å². The molecule has 3 rings (SSSR count). The van der Waals surface area contributed by atoms with Crippen molar-refractivity contribution in [3.05, 3.63) is 46.8 Å². The van der Waals surface area contributed by atoms with E-state index < -0.39 is 22.2 Å². The number of hydrogen-bond donors (Lipinski definition) is 1. The summed E-state index contributed by atoms with van der Waals surface area (Å²) in [4.78, 5) is 0.186. The maximum Gasteiger partial charge on any atom is 0.243 e. The van der Waals surface area contributed by atoms with Crippen LogP contribution >= 0.6 is 0 Å². The summed E-state index contributed by atoms with van der Waals surface area (Å²) in [6.07, 6.45) is -0.435. The van der Waals surface area contributed by atoms with E-state index in [-0.39, 0.29) is 4.90 Å². The Morgan fingerprint density at radius 3 is 2.48 bits per heavy atom. The van der Waals surface area contributed by atoms with Gasteiger partial charge in [-0.15, -0.1) is 0 Å². The monoisotopic (exact) mass is 335 g/mol. The maximum absolute atomic E-state index is 12.7. The molecule has 0 unspecified atom stereocenters. The molecule has 1 N–H and O–H groups in total. The number of benzene rings is 1. The van der Waals surface area contributed by atoms with Crippen molar-refractivity contribution in [2.24, 2.45) is 7.05 Å². The molecule has 1 aliphatic heterocycles. The Kier molecular flexibility index (Phi) is 3.82. The second-order valence-corrected chi connectivity index (χ2v) is 8.01. The first-order valence-corrected chi connectivity index (χ1v) is 8.93. The van der Waals surface area contributed by atoms with Gasteiger partial charge in [0.05, 0.1) is 22.7 Å². The molecule has 0 amide bonds. The Bertz CT molecular complexity index is 857. The van der Waals surface area contributed by atoms with E-state index in [0.29, 0.717) is 12.0 Å². The SMILES string of the molecule is Cc1nn(C)c(C)c1C[C@@H]1[C@@H](O)c2ccccc2S(=O)(=O)N1C. The van der Waals surface area contributed by atoms with E-state index in [1.807, 2.05) is 20.9 Å². The van der Waals surface area contributed by atoms with Gasteiger partial charge in [-0.25, -0.2) is 8.42 Å². The average Bonchev–Trinajstić information content (AvgIpc) is 2.75. The topological polar surface area (TPSA) is 75.4 Å². The van der Waals surface area contributed by atoms with Crippen molar-refractivity contribution >= 4 is 10.0 Å². The number of hydrogen-bond acceptors (Lipinski definition) is 4. The highest BCUT2D eigenvalue weighted by Crippen LogP contribution is 2.37. The van der Waals surface area contributed by atoms with E-state index in [9.17, 15) is 13.5 Å². The molecule has 124 valence electrons. The molecule has 0 bridgehead atoms. The number of likely N-dealkylation sites (N-methyl/N-ethyl adjacent to an activating group) is 1. The number of aromatic nitrogens is 2. The lowest BCUT2D eigenvalue weighted by Gasteiger charge is -2.37. The Labute approximate surface area is 136 Å². The van der Waals surface area contributed by atoms with Gasteiger partial charge in [0.1, 0.15) is 0 Å². The molecule has 0 aliphatic carbocycles. The van der Waals surface area contributed by atoms with Crippen molar-refractivity contribution in [3.8, 4) is 0 Å². The number of aliphatic hydroxyl groups is 1. The summed E-state index contributed by atoms with van der Waals surface area (Å²) in [5, 5.41) is 15.1. The lowest BCUT2D eigenvalue weighted by Crippen LogP contribution is -2.46. The number of nitrogens with zero attached hydrogens (tertiary/aromatic N) is 3. The minimum absolute atomic E-state index is 0.186. The van der Waals surface area contributed by atoms with Crippen LogP contribution in [0.15, 0.2) is 29.2 Å². The van der Waals surface area contributed by atoms with Crippen LogP contribution in [0.25, 0.3) is 0 Å². The third-order valence-corrected chi connectivity index (χ3v) is 6.75. The lowest BCUT2D eigenvalue weighted by molar-refractivity contribution is 0.0890.